The van der Waals surface area contributed by atoms with Gasteiger partial charge in [-0.3, -0.25) is 14.7 Å². The van der Waals surface area contributed by atoms with E-state index in [4.69, 9.17) is 4.74 Å². The monoisotopic (exact) mass is 441 g/mol. The maximum Gasteiger partial charge on any atom is 0.401 e. The van der Waals surface area contributed by atoms with Gasteiger partial charge in [-0.2, -0.15) is 13.2 Å². The Morgan fingerprint density at radius 3 is 2.84 bits per heavy atom. The minimum absolute atomic E-state index is 0.0887. The number of amides is 1. The van der Waals surface area contributed by atoms with Gasteiger partial charge < -0.3 is 20.7 Å². The van der Waals surface area contributed by atoms with Crippen molar-refractivity contribution in [2.24, 2.45) is 4.99 Å². The molecule has 2 saturated heterocycles. The van der Waals surface area contributed by atoms with Crippen LogP contribution in [0.5, 0.6) is 0 Å². The lowest BCUT2D eigenvalue weighted by Crippen LogP contribution is -2.44. The minimum Gasteiger partial charge on any atom is -0.376 e. The summed E-state index contributed by atoms with van der Waals surface area (Å²) in [4.78, 5) is 18.0. The van der Waals surface area contributed by atoms with Crippen molar-refractivity contribution in [1.29, 1.82) is 0 Å². The molecule has 3 N–H and O–H groups in total. The number of carbonyl (C=O) groups excluding carboxylic acids is 1. The fourth-order valence-electron chi connectivity index (χ4n) is 3.86. The van der Waals surface area contributed by atoms with Gasteiger partial charge in [-0.05, 0) is 37.0 Å². The molecule has 7 nitrogen and oxygen atoms in total. The topological polar surface area (TPSA) is 78.0 Å². The summed E-state index contributed by atoms with van der Waals surface area (Å²) in [5.74, 6) is 0.377. The van der Waals surface area contributed by atoms with Gasteiger partial charge in [-0.25, -0.2) is 0 Å². The highest BCUT2D eigenvalue weighted by molar-refractivity contribution is 5.94. The van der Waals surface area contributed by atoms with Crippen molar-refractivity contribution in [3.63, 3.8) is 0 Å². The molecular formula is C21H30F3N5O2. The fourth-order valence-corrected chi connectivity index (χ4v) is 3.86. The van der Waals surface area contributed by atoms with Gasteiger partial charge in [0.15, 0.2) is 5.96 Å². The van der Waals surface area contributed by atoms with Crippen LogP contribution >= 0.6 is 0 Å². The highest BCUT2D eigenvalue weighted by Crippen LogP contribution is 2.20. The average molecular weight is 441 g/mol. The molecule has 0 spiro atoms. The van der Waals surface area contributed by atoms with E-state index in [1.165, 1.54) is 4.90 Å². The number of nitrogens with zero attached hydrogens (tertiary/aromatic N) is 2. The zero-order valence-corrected chi connectivity index (χ0v) is 17.7. The molecule has 10 heteroatoms. The SMILES string of the molecule is CN=C(NCc1cccc(C(=O)NCC2CCCO2)c1)NC1CCN(CC(F)(F)F)C1. The molecule has 2 unspecified atom stereocenters. The second-order valence-corrected chi connectivity index (χ2v) is 7.95. The third-order valence-corrected chi connectivity index (χ3v) is 5.40. The average Bonchev–Trinajstić information content (AvgIpc) is 3.40. The predicted molar refractivity (Wildman–Crippen MR) is 112 cm³/mol. The van der Waals surface area contributed by atoms with Crippen LogP contribution < -0.4 is 16.0 Å². The molecule has 1 amide bonds. The molecule has 1 aromatic carbocycles. The predicted octanol–water partition coefficient (Wildman–Crippen LogP) is 1.90. The van der Waals surface area contributed by atoms with Gasteiger partial charge in [-0.1, -0.05) is 12.1 Å². The van der Waals surface area contributed by atoms with Crippen LogP contribution in [-0.2, 0) is 11.3 Å². The van der Waals surface area contributed by atoms with Crippen LogP contribution in [-0.4, -0.2) is 74.9 Å². The number of benzene rings is 1. The number of hydrogen-bond donors (Lipinski definition) is 3. The summed E-state index contributed by atoms with van der Waals surface area (Å²) in [6.07, 6.45) is -1.48. The molecule has 31 heavy (non-hydrogen) atoms. The Morgan fingerprint density at radius 1 is 1.29 bits per heavy atom. The minimum atomic E-state index is -4.18. The largest absolute Gasteiger partial charge is 0.401 e. The van der Waals surface area contributed by atoms with Crippen LogP contribution in [0.3, 0.4) is 0 Å². The van der Waals surface area contributed by atoms with Crippen molar-refractivity contribution < 1.29 is 22.7 Å². The van der Waals surface area contributed by atoms with E-state index in [1.807, 2.05) is 18.2 Å². The van der Waals surface area contributed by atoms with Crippen molar-refractivity contribution in [3.05, 3.63) is 35.4 Å². The van der Waals surface area contributed by atoms with Crippen LogP contribution in [0.15, 0.2) is 29.3 Å². The van der Waals surface area contributed by atoms with E-state index in [2.05, 4.69) is 20.9 Å². The molecule has 0 radical (unpaired) electrons. The van der Waals surface area contributed by atoms with E-state index in [9.17, 15) is 18.0 Å². The second-order valence-electron chi connectivity index (χ2n) is 7.95. The number of likely N-dealkylation sites (tertiary alicyclic amines) is 1. The van der Waals surface area contributed by atoms with Crippen molar-refractivity contribution in [3.8, 4) is 0 Å². The first kappa shape index (κ1) is 23.3. The molecule has 0 saturated carbocycles. The van der Waals surface area contributed by atoms with Crippen LogP contribution in [0.2, 0.25) is 0 Å². The number of halogens is 3. The summed E-state index contributed by atoms with van der Waals surface area (Å²) in [7, 11) is 1.62. The number of guanidine groups is 1. The Bertz CT molecular complexity index is 766. The summed E-state index contributed by atoms with van der Waals surface area (Å²) in [6, 6.07) is 7.20. The fraction of sp³-hybridized carbons (Fsp3) is 0.619. The maximum absolute atomic E-state index is 12.6. The van der Waals surface area contributed by atoms with Crippen LogP contribution in [0, 0.1) is 0 Å². The van der Waals surface area contributed by atoms with E-state index in [0.717, 1.165) is 25.0 Å². The first-order chi connectivity index (χ1) is 14.8. The molecular weight excluding hydrogens is 411 g/mol. The number of rotatable bonds is 7. The van der Waals surface area contributed by atoms with Gasteiger partial charge >= 0.3 is 6.18 Å². The number of hydrogen-bond acceptors (Lipinski definition) is 4. The van der Waals surface area contributed by atoms with Gasteiger partial charge in [0.25, 0.3) is 5.91 Å². The Morgan fingerprint density at radius 2 is 2.13 bits per heavy atom. The third kappa shape index (κ3) is 7.70. The molecule has 2 aliphatic heterocycles. The van der Waals surface area contributed by atoms with Gasteiger partial charge in [0.1, 0.15) is 0 Å². The standard InChI is InChI=1S/C21H30F3N5O2/c1-25-20(28-17-7-8-29(13-17)14-21(22,23)24)27-11-15-4-2-5-16(10-15)19(30)26-12-18-6-3-9-31-18/h2,4-5,10,17-18H,3,6-9,11-14H2,1H3,(H,26,30)(H2,25,27,28). The van der Waals surface area contributed by atoms with Crippen LogP contribution in [0.1, 0.15) is 35.2 Å². The summed E-state index contributed by atoms with van der Waals surface area (Å²) >= 11 is 0. The van der Waals surface area contributed by atoms with Gasteiger partial charge in [-0.15, -0.1) is 0 Å². The van der Waals surface area contributed by atoms with E-state index in [1.54, 1.807) is 13.1 Å². The van der Waals surface area contributed by atoms with E-state index >= 15 is 0 Å². The van der Waals surface area contributed by atoms with E-state index in [0.29, 0.717) is 44.1 Å². The molecule has 1 aromatic rings. The Hall–Kier alpha value is -2.33. The van der Waals surface area contributed by atoms with Crippen LogP contribution in [0.4, 0.5) is 13.2 Å². The second kappa shape index (κ2) is 10.8. The molecule has 2 fully saturated rings. The third-order valence-electron chi connectivity index (χ3n) is 5.40. The molecule has 0 aromatic heterocycles. The number of ether oxygens (including phenoxy) is 1. The quantitative estimate of drug-likeness (QED) is 0.445. The molecule has 0 aliphatic carbocycles. The molecule has 2 atom stereocenters. The van der Waals surface area contributed by atoms with E-state index in [-0.39, 0.29) is 18.1 Å². The van der Waals surface area contributed by atoms with Crippen molar-refractivity contribution in [2.75, 3.05) is 39.8 Å². The molecule has 2 heterocycles. The van der Waals surface area contributed by atoms with Gasteiger partial charge in [0.05, 0.1) is 12.6 Å². The van der Waals surface area contributed by atoms with E-state index < -0.39 is 12.7 Å². The van der Waals surface area contributed by atoms with Crippen molar-refractivity contribution in [1.82, 2.24) is 20.9 Å². The molecule has 3 rings (SSSR count). The lowest BCUT2D eigenvalue weighted by molar-refractivity contribution is -0.143. The number of carbonyl (C=O) groups is 1. The Balaban J connectivity index is 1.45. The summed E-state index contributed by atoms with van der Waals surface area (Å²) in [5, 5.41) is 9.25. The zero-order valence-electron chi connectivity index (χ0n) is 17.7. The highest BCUT2D eigenvalue weighted by atomic mass is 19.4. The summed E-state index contributed by atoms with van der Waals surface area (Å²) in [6.45, 7) is 1.52. The lowest BCUT2D eigenvalue weighted by atomic mass is 10.1. The van der Waals surface area contributed by atoms with Gasteiger partial charge in [0, 0.05) is 51.4 Å². The number of aliphatic imine (C=N–C) groups is 1. The summed E-state index contributed by atoms with van der Waals surface area (Å²) < 4.78 is 43.2. The highest BCUT2D eigenvalue weighted by Gasteiger charge is 2.34. The molecule has 0 bridgehead atoms. The number of nitrogens with one attached hydrogen (secondary N) is 3. The lowest BCUT2D eigenvalue weighted by Gasteiger charge is -2.20. The van der Waals surface area contributed by atoms with Crippen molar-refractivity contribution >= 4 is 11.9 Å². The first-order valence-electron chi connectivity index (χ1n) is 10.6. The van der Waals surface area contributed by atoms with Crippen molar-refractivity contribution in [2.45, 2.75) is 44.1 Å². The number of alkyl halides is 3. The molecule has 2 aliphatic rings. The molecule has 172 valence electrons. The summed E-state index contributed by atoms with van der Waals surface area (Å²) in [5.41, 5.74) is 1.47. The Labute approximate surface area is 180 Å². The maximum atomic E-state index is 12.6. The first-order valence-corrected chi connectivity index (χ1v) is 10.6. The van der Waals surface area contributed by atoms with Gasteiger partial charge in [0.2, 0.25) is 0 Å². The smallest absolute Gasteiger partial charge is 0.376 e. The van der Waals surface area contributed by atoms with Crippen LogP contribution in [0.25, 0.3) is 0 Å². The Kier molecular flexibility index (Phi) is 8.14. The zero-order chi connectivity index (χ0) is 22.3. The normalized spacial score (nSPS) is 22.5.